The molecule has 0 saturated carbocycles. The number of para-hydroxylation sites is 2. The second-order valence-electron chi connectivity index (χ2n) is 5.04. The molecule has 0 aromatic heterocycles. The number of methoxy groups -OCH3 is 1. The van der Waals surface area contributed by atoms with Crippen LogP contribution in [0.3, 0.4) is 0 Å². The zero-order chi connectivity index (χ0) is 14.8. The van der Waals surface area contributed by atoms with Gasteiger partial charge in [-0.2, -0.15) is 0 Å². The molecule has 2 aromatic carbocycles. The van der Waals surface area contributed by atoms with Gasteiger partial charge in [0.25, 0.3) is 0 Å². The van der Waals surface area contributed by atoms with Crippen LogP contribution in [0.1, 0.15) is 16.0 Å². The normalized spacial score (nSPS) is 18.1. The van der Waals surface area contributed by atoms with Crippen LogP contribution < -0.4 is 14.2 Å². The predicted molar refractivity (Wildman–Crippen MR) is 85.8 cm³/mol. The average molecular weight is 349 g/mol. The predicted octanol–water partition coefficient (Wildman–Crippen LogP) is 4.28. The van der Waals surface area contributed by atoms with E-state index in [1.807, 2.05) is 36.4 Å². The number of fused-ring (bicyclic) bond motifs is 1. The second-order valence-corrected chi connectivity index (χ2v) is 6.02. The minimum atomic E-state index is -0.0630. The minimum absolute atomic E-state index is 0.0630. The van der Waals surface area contributed by atoms with Crippen LogP contribution in [0.2, 0.25) is 0 Å². The van der Waals surface area contributed by atoms with Crippen LogP contribution in [0.4, 0.5) is 0 Å². The highest BCUT2D eigenvalue weighted by atomic mass is 79.9. The van der Waals surface area contributed by atoms with Gasteiger partial charge in [-0.05, 0) is 42.3 Å². The SMILES string of the molecule is COc1ccc(C(Br)C2COc3ccccc3O2)c(C)c1. The molecular formula is C17H17BrO3. The minimum Gasteiger partial charge on any atom is -0.497 e. The molecule has 0 saturated heterocycles. The Morgan fingerprint density at radius 3 is 2.67 bits per heavy atom. The van der Waals surface area contributed by atoms with Gasteiger partial charge in [-0.25, -0.2) is 0 Å². The van der Waals surface area contributed by atoms with Crippen molar-refractivity contribution in [2.24, 2.45) is 0 Å². The van der Waals surface area contributed by atoms with E-state index in [1.54, 1.807) is 7.11 Å². The van der Waals surface area contributed by atoms with E-state index in [1.165, 1.54) is 11.1 Å². The van der Waals surface area contributed by atoms with Crippen molar-refractivity contribution in [3.05, 3.63) is 53.6 Å². The summed E-state index contributed by atoms with van der Waals surface area (Å²) in [6.07, 6.45) is -0.0630. The van der Waals surface area contributed by atoms with Crippen LogP contribution in [0.25, 0.3) is 0 Å². The molecule has 2 unspecified atom stereocenters. The molecule has 0 amide bonds. The van der Waals surface area contributed by atoms with E-state index in [2.05, 4.69) is 28.9 Å². The topological polar surface area (TPSA) is 27.7 Å². The molecule has 2 atom stereocenters. The van der Waals surface area contributed by atoms with E-state index < -0.39 is 0 Å². The highest BCUT2D eigenvalue weighted by Crippen LogP contribution is 2.38. The van der Waals surface area contributed by atoms with Crippen LogP contribution in [0, 0.1) is 6.92 Å². The molecule has 21 heavy (non-hydrogen) atoms. The van der Waals surface area contributed by atoms with Gasteiger partial charge in [-0.15, -0.1) is 0 Å². The first-order chi connectivity index (χ1) is 10.2. The van der Waals surface area contributed by atoms with Gasteiger partial charge in [0.1, 0.15) is 18.5 Å². The lowest BCUT2D eigenvalue weighted by Gasteiger charge is -2.30. The van der Waals surface area contributed by atoms with E-state index in [-0.39, 0.29) is 10.9 Å². The summed E-state index contributed by atoms with van der Waals surface area (Å²) in [7, 11) is 1.68. The standard InChI is InChI=1S/C17H17BrO3/c1-11-9-12(19-2)7-8-13(11)17(18)16-10-20-14-5-3-4-6-15(14)21-16/h3-9,16-17H,10H2,1-2H3. The van der Waals surface area contributed by atoms with Gasteiger partial charge in [0.2, 0.25) is 0 Å². The lowest BCUT2D eigenvalue weighted by Crippen LogP contribution is -2.32. The highest BCUT2D eigenvalue weighted by molar-refractivity contribution is 9.09. The van der Waals surface area contributed by atoms with Crippen LogP contribution in [0.5, 0.6) is 17.2 Å². The third-order valence-electron chi connectivity index (χ3n) is 3.63. The first-order valence-corrected chi connectivity index (χ1v) is 7.77. The van der Waals surface area contributed by atoms with E-state index in [9.17, 15) is 0 Å². The molecule has 0 radical (unpaired) electrons. The van der Waals surface area contributed by atoms with Crippen molar-refractivity contribution in [1.29, 1.82) is 0 Å². The molecule has 0 aliphatic carbocycles. The number of ether oxygens (including phenoxy) is 3. The summed E-state index contributed by atoms with van der Waals surface area (Å²) in [6.45, 7) is 2.60. The zero-order valence-corrected chi connectivity index (χ0v) is 13.6. The maximum atomic E-state index is 6.06. The molecular weight excluding hydrogens is 332 g/mol. The Morgan fingerprint density at radius 1 is 1.19 bits per heavy atom. The summed E-state index contributed by atoms with van der Waals surface area (Å²) >= 11 is 3.75. The molecule has 0 spiro atoms. The maximum Gasteiger partial charge on any atom is 0.161 e. The summed E-state index contributed by atoms with van der Waals surface area (Å²) in [5.41, 5.74) is 2.35. The molecule has 0 fully saturated rings. The molecule has 3 rings (SSSR count). The molecule has 3 nitrogen and oxygen atoms in total. The third-order valence-corrected chi connectivity index (χ3v) is 4.71. The smallest absolute Gasteiger partial charge is 0.161 e. The van der Waals surface area contributed by atoms with Crippen molar-refractivity contribution < 1.29 is 14.2 Å². The quantitative estimate of drug-likeness (QED) is 0.774. The van der Waals surface area contributed by atoms with E-state index in [0.717, 1.165) is 17.2 Å². The Morgan fingerprint density at radius 2 is 1.95 bits per heavy atom. The average Bonchev–Trinajstić information content (AvgIpc) is 2.53. The molecule has 2 aromatic rings. The zero-order valence-electron chi connectivity index (χ0n) is 12.0. The van der Waals surface area contributed by atoms with Gasteiger partial charge in [0, 0.05) is 0 Å². The molecule has 1 aliphatic heterocycles. The van der Waals surface area contributed by atoms with Crippen LogP contribution in [0.15, 0.2) is 42.5 Å². The Hall–Kier alpha value is -1.68. The fraction of sp³-hybridized carbons (Fsp3) is 0.294. The van der Waals surface area contributed by atoms with Gasteiger partial charge in [-0.3, -0.25) is 0 Å². The first kappa shape index (κ1) is 14.3. The Kier molecular flexibility index (Phi) is 4.06. The Labute approximate surface area is 133 Å². The van der Waals surface area contributed by atoms with Gasteiger partial charge in [0.05, 0.1) is 11.9 Å². The summed E-state index contributed by atoms with van der Waals surface area (Å²) in [5, 5.41) is 0. The fourth-order valence-corrected chi connectivity index (χ4v) is 3.24. The Balaban J connectivity index is 1.82. The first-order valence-electron chi connectivity index (χ1n) is 6.86. The summed E-state index contributed by atoms with van der Waals surface area (Å²) in [4.78, 5) is 0.0664. The van der Waals surface area contributed by atoms with Crippen LogP contribution in [-0.4, -0.2) is 19.8 Å². The van der Waals surface area contributed by atoms with Crippen molar-refractivity contribution in [1.82, 2.24) is 0 Å². The second kappa shape index (κ2) is 5.98. The van der Waals surface area contributed by atoms with Gasteiger partial charge in [-0.1, -0.05) is 34.1 Å². The Bertz CT molecular complexity index is 642. The number of aryl methyl sites for hydroxylation is 1. The molecule has 0 N–H and O–H groups in total. The van der Waals surface area contributed by atoms with Gasteiger partial charge >= 0.3 is 0 Å². The third kappa shape index (κ3) is 2.86. The van der Waals surface area contributed by atoms with Gasteiger partial charge < -0.3 is 14.2 Å². The van der Waals surface area contributed by atoms with Crippen molar-refractivity contribution in [2.75, 3.05) is 13.7 Å². The van der Waals surface area contributed by atoms with Crippen molar-refractivity contribution in [2.45, 2.75) is 17.9 Å². The highest BCUT2D eigenvalue weighted by Gasteiger charge is 2.29. The summed E-state index contributed by atoms with van der Waals surface area (Å²) in [6, 6.07) is 13.8. The van der Waals surface area contributed by atoms with Gasteiger partial charge in [0.15, 0.2) is 11.5 Å². The van der Waals surface area contributed by atoms with Crippen molar-refractivity contribution >= 4 is 15.9 Å². The maximum absolute atomic E-state index is 6.06. The van der Waals surface area contributed by atoms with Crippen LogP contribution in [-0.2, 0) is 0 Å². The number of benzene rings is 2. The number of rotatable bonds is 3. The number of halogens is 1. The lowest BCUT2D eigenvalue weighted by molar-refractivity contribution is 0.0903. The molecule has 1 heterocycles. The summed E-state index contributed by atoms with van der Waals surface area (Å²) < 4.78 is 17.1. The molecule has 1 aliphatic rings. The largest absolute Gasteiger partial charge is 0.497 e. The number of alkyl halides is 1. The summed E-state index contributed by atoms with van der Waals surface area (Å²) in [5.74, 6) is 2.46. The van der Waals surface area contributed by atoms with Crippen LogP contribution >= 0.6 is 15.9 Å². The fourth-order valence-electron chi connectivity index (χ4n) is 2.46. The van der Waals surface area contributed by atoms with Crippen molar-refractivity contribution in [3.63, 3.8) is 0 Å². The molecule has 0 bridgehead atoms. The van der Waals surface area contributed by atoms with E-state index in [4.69, 9.17) is 14.2 Å². The van der Waals surface area contributed by atoms with E-state index >= 15 is 0 Å². The van der Waals surface area contributed by atoms with Crippen molar-refractivity contribution in [3.8, 4) is 17.2 Å². The molecule has 4 heteroatoms. The molecule has 110 valence electrons. The number of hydrogen-bond acceptors (Lipinski definition) is 3. The van der Waals surface area contributed by atoms with E-state index in [0.29, 0.717) is 6.61 Å². The monoisotopic (exact) mass is 348 g/mol. The number of hydrogen-bond donors (Lipinski definition) is 0. The lowest BCUT2D eigenvalue weighted by atomic mass is 10.0.